The van der Waals surface area contributed by atoms with Gasteiger partial charge in [-0.2, -0.15) is 0 Å². The van der Waals surface area contributed by atoms with Gasteiger partial charge in [-0.25, -0.2) is 0 Å². The summed E-state index contributed by atoms with van der Waals surface area (Å²) >= 11 is 1.79. The number of carbonyl (C=O) groups is 1. The Bertz CT molecular complexity index is 834. The minimum atomic E-state index is 0.122. The molecule has 148 valence electrons. The van der Waals surface area contributed by atoms with Crippen molar-refractivity contribution in [3.8, 4) is 0 Å². The summed E-state index contributed by atoms with van der Waals surface area (Å²) in [4.78, 5) is 22.6. The first-order chi connectivity index (χ1) is 13.7. The third kappa shape index (κ3) is 4.30. The fourth-order valence-corrected chi connectivity index (χ4v) is 4.76. The zero-order valence-corrected chi connectivity index (χ0v) is 17.0. The van der Waals surface area contributed by atoms with Crippen LogP contribution >= 0.6 is 11.3 Å². The number of amides is 1. The highest BCUT2D eigenvalue weighted by Gasteiger charge is 2.24. The van der Waals surface area contributed by atoms with Crippen molar-refractivity contribution < 1.29 is 4.79 Å². The van der Waals surface area contributed by atoms with E-state index in [0.29, 0.717) is 12.0 Å². The second-order valence-electron chi connectivity index (χ2n) is 7.27. The SMILES string of the molecule is CN=C(NCC(=O)N1CCc2sccc2C1)NC1CCN(c2ccccc2)C1. The van der Waals surface area contributed by atoms with Crippen molar-refractivity contribution in [1.82, 2.24) is 15.5 Å². The standard InChI is InChI=1S/C21H27N5OS/c1-22-21(24-17-7-10-25(15-17)18-5-3-2-4-6-18)23-13-20(27)26-11-8-19-16(14-26)9-12-28-19/h2-6,9,12,17H,7-8,10-11,13-15H2,1H3,(H2,22,23,24). The molecule has 1 atom stereocenters. The Balaban J connectivity index is 1.25. The molecule has 2 aromatic rings. The number of carbonyl (C=O) groups excluding carboxylic acids is 1. The molecule has 1 unspecified atom stereocenters. The average Bonchev–Trinajstić information content (AvgIpc) is 3.40. The molecule has 0 bridgehead atoms. The van der Waals surface area contributed by atoms with Crippen LogP contribution in [0.4, 0.5) is 5.69 Å². The summed E-state index contributed by atoms with van der Waals surface area (Å²) in [5.41, 5.74) is 2.54. The summed E-state index contributed by atoms with van der Waals surface area (Å²) in [7, 11) is 1.75. The van der Waals surface area contributed by atoms with Crippen molar-refractivity contribution >= 4 is 28.9 Å². The summed E-state index contributed by atoms with van der Waals surface area (Å²) in [6, 6.07) is 12.9. The molecule has 1 aromatic heterocycles. The molecule has 2 aliphatic heterocycles. The second-order valence-corrected chi connectivity index (χ2v) is 8.27. The maximum absolute atomic E-state index is 12.6. The minimum absolute atomic E-state index is 0.122. The van der Waals surface area contributed by atoms with Crippen LogP contribution in [0, 0.1) is 0 Å². The van der Waals surface area contributed by atoms with E-state index in [1.807, 2.05) is 11.0 Å². The third-order valence-corrected chi connectivity index (χ3v) is 6.46. The lowest BCUT2D eigenvalue weighted by atomic mass is 10.1. The third-order valence-electron chi connectivity index (χ3n) is 5.44. The molecule has 1 aromatic carbocycles. The Hall–Kier alpha value is -2.54. The summed E-state index contributed by atoms with van der Waals surface area (Å²) < 4.78 is 0. The smallest absolute Gasteiger partial charge is 0.242 e. The molecule has 0 aliphatic carbocycles. The number of thiophene rings is 1. The number of anilines is 1. The Morgan fingerprint density at radius 2 is 2.11 bits per heavy atom. The second kappa shape index (κ2) is 8.65. The van der Waals surface area contributed by atoms with Crippen molar-refractivity contribution in [3.63, 3.8) is 0 Å². The summed E-state index contributed by atoms with van der Waals surface area (Å²) in [6.07, 6.45) is 2.01. The van der Waals surface area contributed by atoms with Crippen molar-refractivity contribution in [2.24, 2.45) is 4.99 Å². The van der Waals surface area contributed by atoms with Crippen molar-refractivity contribution in [1.29, 1.82) is 0 Å². The summed E-state index contributed by atoms with van der Waals surface area (Å²) in [5.74, 6) is 0.818. The first-order valence-electron chi connectivity index (χ1n) is 9.83. The number of aliphatic imine (C=N–C) groups is 1. The van der Waals surface area contributed by atoms with Gasteiger partial charge in [0.05, 0.1) is 6.54 Å². The molecule has 1 saturated heterocycles. The number of guanidine groups is 1. The van der Waals surface area contributed by atoms with Gasteiger partial charge in [0.1, 0.15) is 0 Å². The van der Waals surface area contributed by atoms with E-state index in [1.54, 1.807) is 18.4 Å². The van der Waals surface area contributed by atoms with Crippen LogP contribution in [0.25, 0.3) is 0 Å². The van der Waals surface area contributed by atoms with Crippen LogP contribution in [0.2, 0.25) is 0 Å². The number of hydrogen-bond donors (Lipinski definition) is 2. The summed E-state index contributed by atoms with van der Waals surface area (Å²) in [6.45, 7) is 3.75. The molecule has 7 heteroatoms. The quantitative estimate of drug-likeness (QED) is 0.613. The maximum atomic E-state index is 12.6. The Morgan fingerprint density at radius 3 is 2.93 bits per heavy atom. The molecule has 2 N–H and O–H groups in total. The predicted molar refractivity (Wildman–Crippen MR) is 115 cm³/mol. The molecule has 28 heavy (non-hydrogen) atoms. The molecule has 0 saturated carbocycles. The van der Waals surface area contributed by atoms with Crippen LogP contribution in [0.3, 0.4) is 0 Å². The Kier molecular flexibility index (Phi) is 5.81. The highest BCUT2D eigenvalue weighted by molar-refractivity contribution is 7.10. The van der Waals surface area contributed by atoms with E-state index >= 15 is 0 Å². The van der Waals surface area contributed by atoms with Gasteiger partial charge >= 0.3 is 0 Å². The molecular formula is C21H27N5OS. The van der Waals surface area contributed by atoms with Gasteiger partial charge in [0.25, 0.3) is 0 Å². The predicted octanol–water partition coefficient (Wildman–Crippen LogP) is 2.08. The topological polar surface area (TPSA) is 60.0 Å². The number of para-hydroxylation sites is 1. The number of fused-ring (bicyclic) bond motifs is 1. The highest BCUT2D eigenvalue weighted by atomic mass is 32.1. The van der Waals surface area contributed by atoms with E-state index in [0.717, 1.165) is 39.0 Å². The molecule has 0 radical (unpaired) electrons. The molecule has 0 spiro atoms. The van der Waals surface area contributed by atoms with Gasteiger partial charge in [-0.3, -0.25) is 9.79 Å². The van der Waals surface area contributed by atoms with Crippen LogP contribution in [0.5, 0.6) is 0 Å². The van der Waals surface area contributed by atoms with Gasteiger partial charge in [0.2, 0.25) is 5.91 Å². The molecule has 4 rings (SSSR count). The fourth-order valence-electron chi connectivity index (χ4n) is 3.87. The lowest BCUT2D eigenvalue weighted by Gasteiger charge is -2.27. The van der Waals surface area contributed by atoms with E-state index in [4.69, 9.17) is 0 Å². The van der Waals surface area contributed by atoms with Gasteiger partial charge in [-0.15, -0.1) is 11.3 Å². The first-order valence-corrected chi connectivity index (χ1v) is 10.7. The first kappa shape index (κ1) is 18.8. The number of nitrogens with one attached hydrogen (secondary N) is 2. The van der Waals surface area contributed by atoms with E-state index < -0.39 is 0 Å². The van der Waals surface area contributed by atoms with Gasteiger partial charge in [-0.1, -0.05) is 18.2 Å². The van der Waals surface area contributed by atoms with Crippen LogP contribution < -0.4 is 15.5 Å². The van der Waals surface area contributed by atoms with Gasteiger partial charge in [0.15, 0.2) is 5.96 Å². The van der Waals surface area contributed by atoms with E-state index in [9.17, 15) is 4.79 Å². The number of rotatable bonds is 4. The van der Waals surface area contributed by atoms with E-state index in [1.165, 1.54) is 16.1 Å². The number of nitrogens with zero attached hydrogens (tertiary/aromatic N) is 3. The van der Waals surface area contributed by atoms with Gasteiger partial charge in [0, 0.05) is 49.8 Å². The Labute approximate surface area is 170 Å². The average molecular weight is 398 g/mol. The monoisotopic (exact) mass is 397 g/mol. The van der Waals surface area contributed by atoms with Crippen LogP contribution in [-0.2, 0) is 17.8 Å². The zero-order chi connectivity index (χ0) is 19.3. The van der Waals surface area contributed by atoms with Crippen molar-refractivity contribution in [3.05, 3.63) is 52.2 Å². The largest absolute Gasteiger partial charge is 0.369 e. The van der Waals surface area contributed by atoms with Crippen molar-refractivity contribution in [2.75, 3.05) is 38.1 Å². The fraction of sp³-hybridized carbons (Fsp3) is 0.429. The molecule has 1 amide bonds. The summed E-state index contributed by atoms with van der Waals surface area (Å²) in [5, 5.41) is 8.77. The van der Waals surface area contributed by atoms with Gasteiger partial charge in [-0.05, 0) is 42.0 Å². The molecular weight excluding hydrogens is 370 g/mol. The normalized spacial score (nSPS) is 19.5. The van der Waals surface area contributed by atoms with Crippen molar-refractivity contribution in [2.45, 2.75) is 25.4 Å². The minimum Gasteiger partial charge on any atom is -0.369 e. The molecule has 6 nitrogen and oxygen atoms in total. The van der Waals surface area contributed by atoms with Gasteiger partial charge < -0.3 is 20.4 Å². The zero-order valence-electron chi connectivity index (χ0n) is 16.2. The molecule has 3 heterocycles. The lowest BCUT2D eigenvalue weighted by molar-refractivity contribution is -0.130. The van der Waals surface area contributed by atoms with Crippen LogP contribution in [0.15, 0.2) is 46.8 Å². The molecule has 2 aliphatic rings. The number of hydrogen-bond acceptors (Lipinski definition) is 4. The van der Waals surface area contributed by atoms with Crippen LogP contribution in [-0.4, -0.2) is 56.0 Å². The Morgan fingerprint density at radius 1 is 1.25 bits per heavy atom. The molecule has 1 fully saturated rings. The van der Waals surface area contributed by atoms with E-state index in [2.05, 4.69) is 56.2 Å². The van der Waals surface area contributed by atoms with E-state index in [-0.39, 0.29) is 12.5 Å². The lowest BCUT2D eigenvalue weighted by Crippen LogP contribution is -2.48. The highest BCUT2D eigenvalue weighted by Crippen LogP contribution is 2.24. The maximum Gasteiger partial charge on any atom is 0.242 e. The van der Waals surface area contributed by atoms with Crippen LogP contribution in [0.1, 0.15) is 16.9 Å². The number of benzene rings is 1.